The Morgan fingerprint density at radius 1 is 1.25 bits per heavy atom. The molecule has 5 heteroatoms. The minimum absolute atomic E-state index is 0.686. The highest BCUT2D eigenvalue weighted by molar-refractivity contribution is 6.00. The molecule has 0 aliphatic carbocycles. The van der Waals surface area contributed by atoms with Gasteiger partial charge in [0.1, 0.15) is 5.75 Å². The first-order valence-corrected chi connectivity index (χ1v) is 6.45. The Balaban J connectivity index is 2.43. The van der Waals surface area contributed by atoms with Crippen LogP contribution in [0.5, 0.6) is 5.75 Å². The molecular weight excluding hydrogens is 252 g/mol. The third kappa shape index (κ3) is 1.59. The number of fused-ring (bicyclic) bond motifs is 1. The third-order valence-corrected chi connectivity index (χ3v) is 3.90. The third-order valence-electron chi connectivity index (χ3n) is 3.90. The molecule has 2 aromatic heterocycles. The van der Waals surface area contributed by atoms with Crippen molar-refractivity contribution < 1.29 is 4.74 Å². The predicted octanol–water partition coefficient (Wildman–Crippen LogP) is 2.48. The summed E-state index contributed by atoms with van der Waals surface area (Å²) in [5.41, 5.74) is 11.1. The number of nitrogen functional groups attached to an aromatic ring is 1. The van der Waals surface area contributed by atoms with Crippen LogP contribution < -0.4 is 10.5 Å². The lowest BCUT2D eigenvalue weighted by atomic mass is 10.1. The molecule has 20 heavy (non-hydrogen) atoms. The van der Waals surface area contributed by atoms with Crippen LogP contribution in [0.1, 0.15) is 5.69 Å². The molecule has 0 fully saturated rings. The van der Waals surface area contributed by atoms with Crippen molar-refractivity contribution in [1.29, 1.82) is 0 Å². The van der Waals surface area contributed by atoms with Crippen LogP contribution in [0.2, 0.25) is 0 Å². The van der Waals surface area contributed by atoms with E-state index in [4.69, 9.17) is 10.5 Å². The fourth-order valence-electron chi connectivity index (χ4n) is 2.74. The van der Waals surface area contributed by atoms with Crippen molar-refractivity contribution in [3.63, 3.8) is 0 Å². The van der Waals surface area contributed by atoms with Gasteiger partial charge in [0.15, 0.2) is 0 Å². The second-order valence-electron chi connectivity index (χ2n) is 4.97. The Morgan fingerprint density at radius 3 is 2.60 bits per heavy atom. The summed E-state index contributed by atoms with van der Waals surface area (Å²) < 4.78 is 9.32. The Morgan fingerprint density at radius 2 is 2.00 bits per heavy atom. The molecule has 0 aliphatic rings. The zero-order valence-electron chi connectivity index (χ0n) is 12.1. The Kier molecular flexibility index (Phi) is 2.71. The number of hydrogen-bond acceptors (Lipinski definition) is 3. The molecule has 0 saturated heterocycles. The molecule has 0 bridgehead atoms. The maximum Gasteiger partial charge on any atom is 0.119 e. The van der Waals surface area contributed by atoms with E-state index in [2.05, 4.69) is 29.7 Å². The topological polar surface area (TPSA) is 58.0 Å². The van der Waals surface area contributed by atoms with Crippen LogP contribution in [0.4, 0.5) is 5.69 Å². The maximum absolute atomic E-state index is 6.09. The molecule has 0 radical (unpaired) electrons. The van der Waals surface area contributed by atoms with Gasteiger partial charge in [-0.2, -0.15) is 5.10 Å². The molecule has 3 rings (SSSR count). The normalized spacial score (nSPS) is 11.2. The summed E-state index contributed by atoms with van der Waals surface area (Å²) in [4.78, 5) is 0. The van der Waals surface area contributed by atoms with E-state index in [1.165, 1.54) is 0 Å². The number of hydrogen-bond donors (Lipinski definition) is 1. The SMILES string of the molecule is COc1ccc2c(c1)c(-c1c(N)cnn1C)c(C)n2C. The lowest BCUT2D eigenvalue weighted by Gasteiger charge is -2.05. The monoisotopic (exact) mass is 270 g/mol. The molecule has 0 saturated carbocycles. The first kappa shape index (κ1) is 12.6. The summed E-state index contributed by atoms with van der Waals surface area (Å²) in [5.74, 6) is 0.838. The minimum atomic E-state index is 0.686. The average Bonchev–Trinajstić information content (AvgIpc) is 2.89. The summed E-state index contributed by atoms with van der Waals surface area (Å²) in [7, 11) is 5.64. The van der Waals surface area contributed by atoms with Crippen LogP contribution in [0.15, 0.2) is 24.4 Å². The number of rotatable bonds is 2. The first-order valence-electron chi connectivity index (χ1n) is 6.45. The molecule has 2 heterocycles. The minimum Gasteiger partial charge on any atom is -0.497 e. The van der Waals surface area contributed by atoms with Crippen LogP contribution in [-0.4, -0.2) is 21.5 Å². The molecule has 5 nitrogen and oxygen atoms in total. The van der Waals surface area contributed by atoms with Gasteiger partial charge in [-0.05, 0) is 25.1 Å². The molecule has 0 atom stereocenters. The lowest BCUT2D eigenvalue weighted by molar-refractivity contribution is 0.415. The van der Waals surface area contributed by atoms with Crippen LogP contribution in [0, 0.1) is 6.92 Å². The predicted molar refractivity (Wildman–Crippen MR) is 80.8 cm³/mol. The van der Waals surface area contributed by atoms with E-state index in [9.17, 15) is 0 Å². The summed E-state index contributed by atoms with van der Waals surface area (Å²) in [6.45, 7) is 2.09. The average molecular weight is 270 g/mol. The number of aryl methyl sites for hydroxylation is 2. The summed E-state index contributed by atoms with van der Waals surface area (Å²) >= 11 is 0. The maximum atomic E-state index is 6.09. The molecule has 3 aromatic rings. The van der Waals surface area contributed by atoms with Gasteiger partial charge in [0.2, 0.25) is 0 Å². The van der Waals surface area contributed by atoms with Crippen molar-refractivity contribution in [2.45, 2.75) is 6.92 Å². The van der Waals surface area contributed by atoms with Gasteiger partial charge in [-0.1, -0.05) is 0 Å². The molecule has 2 N–H and O–H groups in total. The summed E-state index contributed by atoms with van der Waals surface area (Å²) in [5, 5.41) is 5.37. The highest BCUT2D eigenvalue weighted by atomic mass is 16.5. The number of methoxy groups -OCH3 is 1. The van der Waals surface area contributed by atoms with E-state index in [0.29, 0.717) is 5.69 Å². The van der Waals surface area contributed by atoms with Gasteiger partial charge in [-0.15, -0.1) is 0 Å². The number of benzene rings is 1. The van der Waals surface area contributed by atoms with Crippen LogP contribution >= 0.6 is 0 Å². The Labute approximate surface area is 117 Å². The zero-order valence-corrected chi connectivity index (χ0v) is 12.1. The van der Waals surface area contributed by atoms with E-state index in [1.807, 2.05) is 23.9 Å². The fourth-order valence-corrected chi connectivity index (χ4v) is 2.74. The largest absolute Gasteiger partial charge is 0.497 e. The van der Waals surface area contributed by atoms with Crippen molar-refractivity contribution in [3.05, 3.63) is 30.1 Å². The van der Waals surface area contributed by atoms with E-state index in [1.54, 1.807) is 13.3 Å². The number of nitrogens with zero attached hydrogens (tertiary/aromatic N) is 3. The molecule has 0 spiro atoms. The fraction of sp³-hybridized carbons (Fsp3) is 0.267. The molecule has 1 aromatic carbocycles. The van der Waals surface area contributed by atoms with Gasteiger partial charge in [0.05, 0.1) is 24.7 Å². The molecule has 0 amide bonds. The first-order chi connectivity index (χ1) is 9.54. The highest BCUT2D eigenvalue weighted by Crippen LogP contribution is 2.38. The van der Waals surface area contributed by atoms with Crippen molar-refractivity contribution >= 4 is 16.6 Å². The number of anilines is 1. The van der Waals surface area contributed by atoms with Crippen molar-refractivity contribution in [2.75, 3.05) is 12.8 Å². The summed E-state index contributed by atoms with van der Waals surface area (Å²) in [6, 6.07) is 6.08. The van der Waals surface area contributed by atoms with Gasteiger partial charge < -0.3 is 15.0 Å². The van der Waals surface area contributed by atoms with Gasteiger partial charge in [0, 0.05) is 36.3 Å². The number of aromatic nitrogens is 3. The van der Waals surface area contributed by atoms with E-state index in [0.717, 1.165) is 33.6 Å². The van der Waals surface area contributed by atoms with E-state index in [-0.39, 0.29) is 0 Å². The van der Waals surface area contributed by atoms with Crippen molar-refractivity contribution in [3.8, 4) is 17.0 Å². The van der Waals surface area contributed by atoms with Gasteiger partial charge in [-0.3, -0.25) is 4.68 Å². The number of nitrogens with two attached hydrogens (primary N) is 1. The van der Waals surface area contributed by atoms with Crippen LogP contribution in [0.3, 0.4) is 0 Å². The van der Waals surface area contributed by atoms with E-state index < -0.39 is 0 Å². The van der Waals surface area contributed by atoms with Gasteiger partial charge in [-0.25, -0.2) is 0 Å². The highest BCUT2D eigenvalue weighted by Gasteiger charge is 2.19. The number of ether oxygens (including phenoxy) is 1. The second kappa shape index (κ2) is 4.30. The Hall–Kier alpha value is -2.43. The summed E-state index contributed by atoms with van der Waals surface area (Å²) in [6.07, 6.45) is 1.69. The van der Waals surface area contributed by atoms with Crippen molar-refractivity contribution in [2.24, 2.45) is 14.1 Å². The smallest absolute Gasteiger partial charge is 0.119 e. The standard InChI is InChI=1S/C15H18N4O/c1-9-14(15-12(16)8-17-19(15)3)11-7-10(20-4)5-6-13(11)18(9)2/h5-8H,16H2,1-4H3. The van der Waals surface area contributed by atoms with Crippen molar-refractivity contribution in [1.82, 2.24) is 14.3 Å². The molecule has 0 aliphatic heterocycles. The molecular formula is C15H18N4O. The lowest BCUT2D eigenvalue weighted by Crippen LogP contribution is -1.98. The second-order valence-corrected chi connectivity index (χ2v) is 4.97. The zero-order chi connectivity index (χ0) is 14.4. The van der Waals surface area contributed by atoms with E-state index >= 15 is 0 Å². The van der Waals surface area contributed by atoms with Gasteiger partial charge in [0.25, 0.3) is 0 Å². The Bertz CT molecular complexity index is 778. The molecule has 0 unspecified atom stereocenters. The molecule has 104 valence electrons. The van der Waals surface area contributed by atoms with Crippen LogP contribution in [0.25, 0.3) is 22.2 Å². The van der Waals surface area contributed by atoms with Gasteiger partial charge >= 0.3 is 0 Å². The van der Waals surface area contributed by atoms with Crippen LogP contribution in [-0.2, 0) is 14.1 Å². The quantitative estimate of drug-likeness (QED) is 0.778.